The van der Waals surface area contributed by atoms with E-state index in [-0.39, 0.29) is 23.8 Å². The zero-order chi connectivity index (χ0) is 9.84. The van der Waals surface area contributed by atoms with Gasteiger partial charge in [0, 0.05) is 17.5 Å². The second-order valence-electron chi connectivity index (χ2n) is 2.56. The Morgan fingerprint density at radius 1 is 1.71 bits per heavy atom. The molecule has 7 heteroatoms. The van der Waals surface area contributed by atoms with Crippen LogP contribution in [0.4, 0.5) is 9.39 Å². The lowest BCUT2D eigenvalue weighted by Crippen LogP contribution is -2.09. The van der Waals surface area contributed by atoms with Crippen LogP contribution in [0.15, 0.2) is 11.4 Å². The molecule has 1 rings (SSSR count). The van der Waals surface area contributed by atoms with E-state index in [2.05, 4.69) is 0 Å². The number of nitro groups is 1. The lowest BCUT2D eigenvalue weighted by Gasteiger charge is -2.04. The number of nitrogens with two attached hydrogens (primary N) is 1. The summed E-state index contributed by atoms with van der Waals surface area (Å²) in [7, 11) is 0. The van der Waals surface area contributed by atoms with E-state index in [1.54, 1.807) is 5.38 Å². The summed E-state index contributed by atoms with van der Waals surface area (Å²) in [6, 6.07) is 0.959. The van der Waals surface area contributed by atoms with Gasteiger partial charge in [0.15, 0.2) is 0 Å². The van der Waals surface area contributed by atoms with E-state index in [0.717, 1.165) is 11.3 Å². The highest BCUT2D eigenvalue weighted by Crippen LogP contribution is 2.27. The molecule has 0 aliphatic heterocycles. The van der Waals surface area contributed by atoms with Crippen molar-refractivity contribution in [3.63, 3.8) is 0 Å². The fourth-order valence-corrected chi connectivity index (χ4v) is 1.70. The van der Waals surface area contributed by atoms with Crippen LogP contribution in [0.25, 0.3) is 0 Å². The molecule has 0 radical (unpaired) electrons. The first-order chi connectivity index (χ1) is 6.15. The van der Waals surface area contributed by atoms with Crippen LogP contribution in [-0.4, -0.2) is 11.6 Å². The minimum atomic E-state index is -0.509. The maximum Gasteiger partial charge on any atom is 0.324 e. The molecule has 80 valence electrons. The van der Waals surface area contributed by atoms with Crippen LogP contribution in [0, 0.1) is 10.1 Å². The van der Waals surface area contributed by atoms with E-state index >= 15 is 0 Å². The molecule has 0 saturated heterocycles. The fraction of sp³-hybridized carbons (Fsp3) is 0.429. The number of nitrogens with zero attached hydrogens (tertiary/aromatic N) is 1. The van der Waals surface area contributed by atoms with E-state index in [9.17, 15) is 14.5 Å². The molecule has 0 saturated carbocycles. The Morgan fingerprint density at radius 2 is 2.36 bits per heavy atom. The van der Waals surface area contributed by atoms with Crippen molar-refractivity contribution in [3.8, 4) is 0 Å². The maximum absolute atomic E-state index is 11.9. The molecule has 1 atom stereocenters. The number of rotatable bonds is 4. The Balaban J connectivity index is 0.00000169. The van der Waals surface area contributed by atoms with Crippen molar-refractivity contribution in [1.29, 1.82) is 0 Å². The van der Waals surface area contributed by atoms with E-state index < -0.39 is 17.6 Å². The predicted molar refractivity (Wildman–Crippen MR) is 55.7 cm³/mol. The van der Waals surface area contributed by atoms with Gasteiger partial charge in [-0.3, -0.25) is 14.5 Å². The van der Waals surface area contributed by atoms with Crippen molar-refractivity contribution in [2.45, 2.75) is 12.5 Å². The molecule has 0 aliphatic rings. The SMILES string of the molecule is Cl.N[C@@H](CCF)c1csc([N+](=O)[O-])c1. The van der Waals surface area contributed by atoms with Gasteiger partial charge in [0.1, 0.15) is 0 Å². The lowest BCUT2D eigenvalue weighted by atomic mass is 10.1. The van der Waals surface area contributed by atoms with Gasteiger partial charge in [0.2, 0.25) is 0 Å². The van der Waals surface area contributed by atoms with E-state index in [1.165, 1.54) is 6.07 Å². The number of hydrogen-bond donors (Lipinski definition) is 1. The lowest BCUT2D eigenvalue weighted by molar-refractivity contribution is -0.380. The molecule has 1 aromatic heterocycles. The molecule has 0 unspecified atom stereocenters. The standard InChI is InChI=1S/C7H9FN2O2S.ClH/c8-2-1-6(9)5-3-7(10(11)12)13-4-5;/h3-4,6H,1-2,9H2;1H/t6-;/m0./s1. The smallest absolute Gasteiger partial charge is 0.324 e. The van der Waals surface area contributed by atoms with Crippen LogP contribution in [0.3, 0.4) is 0 Å². The van der Waals surface area contributed by atoms with Crippen molar-refractivity contribution >= 4 is 28.7 Å². The molecule has 0 aromatic carbocycles. The summed E-state index contributed by atoms with van der Waals surface area (Å²) < 4.78 is 11.9. The number of hydrogen-bond acceptors (Lipinski definition) is 4. The molecule has 0 aliphatic carbocycles. The zero-order valence-corrected chi connectivity index (χ0v) is 8.81. The zero-order valence-electron chi connectivity index (χ0n) is 7.18. The minimum absolute atomic E-state index is 0. The summed E-state index contributed by atoms with van der Waals surface area (Å²) in [6.45, 7) is -0.509. The first-order valence-corrected chi connectivity index (χ1v) is 4.57. The van der Waals surface area contributed by atoms with Gasteiger partial charge < -0.3 is 5.73 Å². The van der Waals surface area contributed by atoms with Crippen LogP contribution < -0.4 is 5.73 Å². The summed E-state index contributed by atoms with van der Waals surface area (Å²) in [5, 5.41) is 11.9. The average molecular weight is 241 g/mol. The van der Waals surface area contributed by atoms with Crippen LogP contribution in [0.1, 0.15) is 18.0 Å². The van der Waals surface area contributed by atoms with Crippen molar-refractivity contribution in [2.24, 2.45) is 5.73 Å². The van der Waals surface area contributed by atoms with Gasteiger partial charge in [-0.05, 0) is 12.0 Å². The molecule has 0 fully saturated rings. The van der Waals surface area contributed by atoms with Gasteiger partial charge in [-0.25, -0.2) is 0 Å². The highest BCUT2D eigenvalue weighted by atomic mass is 35.5. The Kier molecular flexibility index (Phi) is 5.59. The molecule has 4 nitrogen and oxygen atoms in total. The number of alkyl halides is 1. The van der Waals surface area contributed by atoms with Crippen molar-refractivity contribution in [2.75, 3.05) is 6.67 Å². The Hall–Kier alpha value is -0.720. The quantitative estimate of drug-likeness (QED) is 0.649. The summed E-state index contributed by atoms with van der Waals surface area (Å²) >= 11 is 1.01. The van der Waals surface area contributed by atoms with Gasteiger partial charge in [0.25, 0.3) is 0 Å². The summed E-state index contributed by atoms with van der Waals surface area (Å²) in [6.07, 6.45) is 0.202. The topological polar surface area (TPSA) is 69.2 Å². The average Bonchev–Trinajstić information content (AvgIpc) is 2.52. The first-order valence-electron chi connectivity index (χ1n) is 3.69. The molecule has 0 bridgehead atoms. The van der Waals surface area contributed by atoms with E-state index in [1.807, 2.05) is 0 Å². The molecule has 14 heavy (non-hydrogen) atoms. The second kappa shape index (κ2) is 5.90. The van der Waals surface area contributed by atoms with Gasteiger partial charge in [-0.15, -0.1) is 12.4 Å². The summed E-state index contributed by atoms with van der Waals surface area (Å²) in [5.41, 5.74) is 6.20. The predicted octanol–water partition coefficient (Wildman–Crippen LogP) is 2.44. The summed E-state index contributed by atoms with van der Waals surface area (Å²) in [5.74, 6) is 0. The van der Waals surface area contributed by atoms with Gasteiger partial charge in [0.05, 0.1) is 11.6 Å². The minimum Gasteiger partial charge on any atom is -0.324 e. The van der Waals surface area contributed by atoms with Crippen molar-refractivity contribution in [3.05, 3.63) is 27.1 Å². The first kappa shape index (κ1) is 13.3. The van der Waals surface area contributed by atoms with Crippen LogP contribution in [0.5, 0.6) is 0 Å². The number of thiophene rings is 1. The van der Waals surface area contributed by atoms with Crippen molar-refractivity contribution in [1.82, 2.24) is 0 Å². The molecule has 1 aromatic rings. The van der Waals surface area contributed by atoms with Crippen LogP contribution >= 0.6 is 23.7 Å². The summed E-state index contributed by atoms with van der Waals surface area (Å²) in [4.78, 5) is 9.82. The highest BCUT2D eigenvalue weighted by molar-refractivity contribution is 7.13. The second-order valence-corrected chi connectivity index (χ2v) is 3.45. The Bertz CT molecular complexity index is 308. The Labute approximate surface area is 90.5 Å². The van der Waals surface area contributed by atoms with Gasteiger partial charge >= 0.3 is 5.00 Å². The molecule has 1 heterocycles. The molecular formula is C7H10ClFN2O2S. The number of halogens is 2. The normalized spacial score (nSPS) is 11.9. The van der Waals surface area contributed by atoms with E-state index in [4.69, 9.17) is 5.73 Å². The third kappa shape index (κ3) is 3.21. The highest BCUT2D eigenvalue weighted by Gasteiger charge is 2.13. The molecule has 2 N–H and O–H groups in total. The maximum atomic E-state index is 11.9. The molecule has 0 spiro atoms. The Morgan fingerprint density at radius 3 is 2.79 bits per heavy atom. The molecular weight excluding hydrogens is 231 g/mol. The fourth-order valence-electron chi connectivity index (χ4n) is 0.913. The monoisotopic (exact) mass is 240 g/mol. The van der Waals surface area contributed by atoms with Gasteiger partial charge in [-0.2, -0.15) is 0 Å². The largest absolute Gasteiger partial charge is 0.324 e. The van der Waals surface area contributed by atoms with Crippen molar-refractivity contribution < 1.29 is 9.31 Å². The van der Waals surface area contributed by atoms with Gasteiger partial charge in [-0.1, -0.05) is 11.3 Å². The molecule has 0 amide bonds. The third-order valence-electron chi connectivity index (χ3n) is 1.63. The van der Waals surface area contributed by atoms with Crippen LogP contribution in [0.2, 0.25) is 0 Å². The van der Waals surface area contributed by atoms with E-state index in [0.29, 0.717) is 5.56 Å². The third-order valence-corrected chi connectivity index (χ3v) is 2.53. The van der Waals surface area contributed by atoms with Crippen LogP contribution in [-0.2, 0) is 0 Å².